The lowest BCUT2D eigenvalue weighted by atomic mass is 10.0. The first-order chi connectivity index (χ1) is 9.87. The Morgan fingerprint density at radius 2 is 1.73 bits per heavy atom. The maximum absolute atomic E-state index is 11.5. The number of amides is 1. The topological polar surface area (TPSA) is 96.3 Å². The molecule has 7 heteroatoms. The van der Waals surface area contributed by atoms with Crippen LogP contribution in [0.3, 0.4) is 0 Å². The van der Waals surface area contributed by atoms with Gasteiger partial charge in [-0.3, -0.25) is 0 Å². The van der Waals surface area contributed by atoms with Crippen LogP contribution in [0.1, 0.15) is 61.3 Å². The van der Waals surface area contributed by atoms with E-state index < -0.39 is 17.2 Å². The van der Waals surface area contributed by atoms with Gasteiger partial charge in [-0.05, 0) is 53.0 Å². The van der Waals surface area contributed by atoms with E-state index in [0.29, 0.717) is 26.0 Å². The number of azide groups is 1. The van der Waals surface area contributed by atoms with Crippen molar-refractivity contribution in [3.05, 3.63) is 10.4 Å². The molecule has 0 aliphatic rings. The molecule has 0 heterocycles. The Balaban J connectivity index is 4.05. The molecule has 0 unspecified atom stereocenters. The van der Waals surface area contributed by atoms with Crippen molar-refractivity contribution in [1.29, 1.82) is 0 Å². The van der Waals surface area contributed by atoms with Gasteiger partial charge in [0.1, 0.15) is 5.60 Å². The lowest BCUT2D eigenvalue weighted by Gasteiger charge is -2.28. The zero-order valence-electron chi connectivity index (χ0n) is 14.9. The highest BCUT2D eigenvalue weighted by molar-refractivity contribution is 5.67. The molecule has 0 radical (unpaired) electrons. The van der Waals surface area contributed by atoms with Crippen LogP contribution in [0.2, 0.25) is 0 Å². The van der Waals surface area contributed by atoms with Crippen molar-refractivity contribution in [2.45, 2.75) is 78.0 Å². The average molecular weight is 314 g/mol. The zero-order chi connectivity index (χ0) is 17.4. The number of hydrogen-bond acceptors (Lipinski definition) is 4. The third kappa shape index (κ3) is 11.2. The van der Waals surface area contributed by atoms with Crippen molar-refractivity contribution in [2.75, 3.05) is 13.2 Å². The van der Waals surface area contributed by atoms with Gasteiger partial charge in [-0.25, -0.2) is 4.79 Å². The van der Waals surface area contributed by atoms with Crippen LogP contribution >= 0.6 is 0 Å². The molecule has 0 aliphatic heterocycles. The number of carbonyl (C=O) groups is 1. The average Bonchev–Trinajstić information content (AvgIpc) is 2.24. The van der Waals surface area contributed by atoms with E-state index in [2.05, 4.69) is 15.3 Å². The van der Waals surface area contributed by atoms with E-state index in [1.807, 2.05) is 48.5 Å². The summed E-state index contributed by atoms with van der Waals surface area (Å²) >= 11 is 0. The van der Waals surface area contributed by atoms with E-state index in [9.17, 15) is 4.79 Å². The summed E-state index contributed by atoms with van der Waals surface area (Å²) < 4.78 is 11.0. The molecule has 0 rings (SSSR count). The first-order valence-electron chi connectivity index (χ1n) is 7.54. The van der Waals surface area contributed by atoms with E-state index in [1.54, 1.807) is 0 Å². The minimum absolute atomic E-state index is 0.374. The summed E-state index contributed by atoms with van der Waals surface area (Å²) in [6.07, 6.45) is 0.876. The lowest BCUT2D eigenvalue weighted by Crippen LogP contribution is -2.36. The predicted molar refractivity (Wildman–Crippen MR) is 86.7 cm³/mol. The van der Waals surface area contributed by atoms with Gasteiger partial charge in [0, 0.05) is 23.6 Å². The van der Waals surface area contributed by atoms with Crippen molar-refractivity contribution >= 4 is 6.09 Å². The molecule has 22 heavy (non-hydrogen) atoms. The number of ether oxygens (including phenoxy) is 2. The third-order valence-electron chi connectivity index (χ3n) is 2.92. The van der Waals surface area contributed by atoms with Gasteiger partial charge in [0.15, 0.2) is 0 Å². The molecule has 0 bridgehead atoms. The van der Waals surface area contributed by atoms with Crippen LogP contribution < -0.4 is 5.32 Å². The molecule has 0 fully saturated rings. The second kappa shape index (κ2) is 8.25. The summed E-state index contributed by atoms with van der Waals surface area (Å²) in [5, 5.41) is 6.44. The molecule has 0 aromatic heterocycles. The first-order valence-corrected chi connectivity index (χ1v) is 7.54. The van der Waals surface area contributed by atoms with Gasteiger partial charge < -0.3 is 14.8 Å². The van der Waals surface area contributed by atoms with Crippen LogP contribution in [0.25, 0.3) is 10.4 Å². The fourth-order valence-electron chi connectivity index (χ4n) is 1.60. The summed E-state index contributed by atoms with van der Waals surface area (Å²) in [5.74, 6) is 0. The van der Waals surface area contributed by atoms with E-state index in [-0.39, 0.29) is 5.60 Å². The molecule has 7 nitrogen and oxygen atoms in total. The number of nitrogens with one attached hydrogen (secondary N) is 1. The van der Waals surface area contributed by atoms with Gasteiger partial charge in [-0.1, -0.05) is 19.0 Å². The van der Waals surface area contributed by atoms with E-state index in [1.165, 1.54) is 0 Å². The SMILES string of the molecule is CC(C)(CCOC(C)(C)CCNC(=O)OC(C)(C)C)N=[N+]=[N-]. The molecule has 0 aromatic carbocycles. The Labute approximate surface area is 133 Å². The van der Waals surface area contributed by atoms with Gasteiger partial charge in [-0.2, -0.15) is 0 Å². The minimum Gasteiger partial charge on any atom is -0.444 e. The highest BCUT2D eigenvalue weighted by Gasteiger charge is 2.22. The summed E-state index contributed by atoms with van der Waals surface area (Å²) in [6.45, 7) is 14.1. The molecule has 1 N–H and O–H groups in total. The monoisotopic (exact) mass is 314 g/mol. The molecule has 0 atom stereocenters. The largest absolute Gasteiger partial charge is 0.444 e. The van der Waals surface area contributed by atoms with Crippen LogP contribution in [0.15, 0.2) is 5.11 Å². The number of hydrogen-bond donors (Lipinski definition) is 1. The fourth-order valence-corrected chi connectivity index (χ4v) is 1.60. The lowest BCUT2D eigenvalue weighted by molar-refractivity contribution is -0.0289. The van der Waals surface area contributed by atoms with Crippen molar-refractivity contribution in [3.8, 4) is 0 Å². The van der Waals surface area contributed by atoms with Crippen molar-refractivity contribution < 1.29 is 14.3 Å². The molecular weight excluding hydrogens is 284 g/mol. The summed E-state index contributed by atoms with van der Waals surface area (Å²) in [4.78, 5) is 14.4. The molecule has 128 valence electrons. The van der Waals surface area contributed by atoms with Gasteiger partial charge in [0.05, 0.1) is 5.60 Å². The molecule has 0 saturated heterocycles. The van der Waals surface area contributed by atoms with Crippen LogP contribution in [0.4, 0.5) is 4.79 Å². The molecular formula is C15H30N4O3. The van der Waals surface area contributed by atoms with E-state index in [4.69, 9.17) is 15.0 Å². The molecule has 1 amide bonds. The Morgan fingerprint density at radius 1 is 1.14 bits per heavy atom. The highest BCUT2D eigenvalue weighted by atomic mass is 16.6. The van der Waals surface area contributed by atoms with Crippen molar-refractivity contribution in [3.63, 3.8) is 0 Å². The molecule has 0 saturated carbocycles. The quantitative estimate of drug-likeness (QED) is 0.413. The summed E-state index contributed by atoms with van der Waals surface area (Å²) in [5.41, 5.74) is 7.15. The van der Waals surface area contributed by atoms with Gasteiger partial charge in [-0.15, -0.1) is 0 Å². The summed E-state index contributed by atoms with van der Waals surface area (Å²) in [7, 11) is 0. The normalized spacial score (nSPS) is 12.5. The zero-order valence-corrected chi connectivity index (χ0v) is 14.9. The maximum atomic E-state index is 11.5. The van der Waals surface area contributed by atoms with Gasteiger partial charge in [0.2, 0.25) is 0 Å². The summed E-state index contributed by atoms with van der Waals surface area (Å²) in [6, 6.07) is 0. The van der Waals surface area contributed by atoms with Gasteiger partial charge in [0.25, 0.3) is 0 Å². The smallest absolute Gasteiger partial charge is 0.407 e. The van der Waals surface area contributed by atoms with E-state index in [0.717, 1.165) is 0 Å². The third-order valence-corrected chi connectivity index (χ3v) is 2.92. The Kier molecular flexibility index (Phi) is 7.70. The van der Waals surface area contributed by atoms with E-state index >= 15 is 0 Å². The number of nitrogens with zero attached hydrogens (tertiary/aromatic N) is 3. The van der Waals surface area contributed by atoms with Gasteiger partial charge >= 0.3 is 6.09 Å². The van der Waals surface area contributed by atoms with Crippen molar-refractivity contribution in [2.24, 2.45) is 5.11 Å². The molecule has 0 spiro atoms. The van der Waals surface area contributed by atoms with Crippen LogP contribution in [-0.4, -0.2) is 36.0 Å². The fraction of sp³-hybridized carbons (Fsp3) is 0.933. The second-order valence-electron chi connectivity index (χ2n) is 7.54. The van der Waals surface area contributed by atoms with Crippen LogP contribution in [0, 0.1) is 0 Å². The predicted octanol–water partition coefficient (Wildman–Crippen LogP) is 4.18. The standard InChI is InChI=1S/C15H30N4O3/c1-13(2,3)22-12(20)17-10-8-15(6,7)21-11-9-14(4,5)18-19-16/h8-11H2,1-7H3,(H,17,20). The Bertz CT molecular complexity index is 408. The first kappa shape index (κ1) is 20.5. The molecule has 0 aromatic rings. The molecule has 0 aliphatic carbocycles. The number of alkyl carbamates (subject to hydrolysis) is 1. The van der Waals surface area contributed by atoms with Crippen LogP contribution in [0.5, 0.6) is 0 Å². The Morgan fingerprint density at radius 3 is 2.23 bits per heavy atom. The van der Waals surface area contributed by atoms with Crippen LogP contribution in [-0.2, 0) is 9.47 Å². The number of carbonyl (C=O) groups excluding carboxylic acids is 1. The Hall–Kier alpha value is -1.46. The second-order valence-corrected chi connectivity index (χ2v) is 7.54. The minimum atomic E-state index is -0.497. The maximum Gasteiger partial charge on any atom is 0.407 e. The number of rotatable bonds is 8. The van der Waals surface area contributed by atoms with Crippen molar-refractivity contribution in [1.82, 2.24) is 5.32 Å². The highest BCUT2D eigenvalue weighted by Crippen LogP contribution is 2.19.